The largest absolute Gasteiger partial charge is 0.491 e. The summed E-state index contributed by atoms with van der Waals surface area (Å²) in [6.07, 6.45) is 0.442. The number of rotatable bonds is 5. The highest BCUT2D eigenvalue weighted by atomic mass is 16.5. The second-order valence-corrected chi connectivity index (χ2v) is 5.45. The molecule has 114 valence electrons. The zero-order chi connectivity index (χ0) is 15.5. The summed E-state index contributed by atoms with van der Waals surface area (Å²) in [7, 11) is 0. The fourth-order valence-corrected chi connectivity index (χ4v) is 2.12. The summed E-state index contributed by atoms with van der Waals surface area (Å²) < 4.78 is 5.48. The molecule has 2 unspecified atom stereocenters. The zero-order valence-electron chi connectivity index (χ0n) is 12.2. The van der Waals surface area contributed by atoms with Gasteiger partial charge in [-0.3, -0.25) is 4.79 Å². The summed E-state index contributed by atoms with van der Waals surface area (Å²) in [5, 5.41) is 14.6. The first-order chi connectivity index (χ1) is 9.96. The van der Waals surface area contributed by atoms with E-state index in [1.165, 1.54) is 0 Å². The number of para-hydroxylation sites is 1. The van der Waals surface area contributed by atoms with Crippen molar-refractivity contribution in [3.05, 3.63) is 29.8 Å². The highest BCUT2D eigenvalue weighted by Gasteiger charge is 2.32. The third-order valence-corrected chi connectivity index (χ3v) is 3.94. The van der Waals surface area contributed by atoms with Crippen LogP contribution in [0.1, 0.15) is 31.9 Å². The predicted octanol–water partition coefficient (Wildman–Crippen LogP) is 1.92. The van der Waals surface area contributed by atoms with E-state index in [1.807, 2.05) is 24.3 Å². The van der Waals surface area contributed by atoms with E-state index >= 15 is 0 Å². The summed E-state index contributed by atoms with van der Waals surface area (Å²) in [5.41, 5.74) is -0.0225. The van der Waals surface area contributed by atoms with Crippen molar-refractivity contribution in [2.45, 2.75) is 26.3 Å². The van der Waals surface area contributed by atoms with Crippen LogP contribution in [-0.2, 0) is 4.79 Å². The number of ether oxygens (including phenoxy) is 1. The molecule has 1 heterocycles. The molecule has 6 heteroatoms. The second-order valence-electron chi connectivity index (χ2n) is 5.45. The predicted molar refractivity (Wildman–Crippen MR) is 77.2 cm³/mol. The minimum Gasteiger partial charge on any atom is -0.491 e. The molecule has 1 aromatic rings. The first kappa shape index (κ1) is 15.2. The molecule has 0 saturated carbocycles. The van der Waals surface area contributed by atoms with Crippen LogP contribution in [0.2, 0.25) is 0 Å². The van der Waals surface area contributed by atoms with Gasteiger partial charge in [-0.15, -0.1) is 0 Å². The molecule has 0 aliphatic carbocycles. The van der Waals surface area contributed by atoms with Crippen LogP contribution in [0.5, 0.6) is 5.75 Å². The first-order valence-electron chi connectivity index (χ1n) is 6.96. The van der Waals surface area contributed by atoms with Gasteiger partial charge in [-0.05, 0) is 19.4 Å². The Balaban J connectivity index is 1.90. The number of carboxylic acids is 1. The van der Waals surface area contributed by atoms with E-state index in [4.69, 9.17) is 9.84 Å². The third kappa shape index (κ3) is 3.26. The monoisotopic (exact) mass is 292 g/mol. The fraction of sp³-hybridized carbons (Fsp3) is 0.467. The summed E-state index contributed by atoms with van der Waals surface area (Å²) in [4.78, 5) is 23.1. The SMILES string of the molecule is CCC(C)(CNC(=O)NC1COc2ccccc21)C(=O)O. The molecule has 0 aromatic heterocycles. The molecular weight excluding hydrogens is 272 g/mol. The molecular formula is C15H20N2O4. The van der Waals surface area contributed by atoms with E-state index in [0.717, 1.165) is 11.3 Å². The quantitative estimate of drug-likeness (QED) is 0.773. The Morgan fingerprint density at radius 1 is 1.43 bits per heavy atom. The molecule has 21 heavy (non-hydrogen) atoms. The summed E-state index contributed by atoms with van der Waals surface area (Å²) in [6.45, 7) is 3.87. The van der Waals surface area contributed by atoms with E-state index in [2.05, 4.69) is 10.6 Å². The number of benzene rings is 1. The average molecular weight is 292 g/mol. The maximum absolute atomic E-state index is 11.9. The summed E-state index contributed by atoms with van der Waals surface area (Å²) in [6, 6.07) is 6.92. The van der Waals surface area contributed by atoms with E-state index in [0.29, 0.717) is 13.0 Å². The fourth-order valence-electron chi connectivity index (χ4n) is 2.12. The Morgan fingerprint density at radius 2 is 2.14 bits per heavy atom. The molecule has 0 saturated heterocycles. The third-order valence-electron chi connectivity index (χ3n) is 3.94. The number of nitrogens with one attached hydrogen (secondary N) is 2. The van der Waals surface area contributed by atoms with Gasteiger partial charge >= 0.3 is 12.0 Å². The Hall–Kier alpha value is -2.24. The van der Waals surface area contributed by atoms with Crippen LogP contribution >= 0.6 is 0 Å². The van der Waals surface area contributed by atoms with Crippen molar-refractivity contribution in [2.24, 2.45) is 5.41 Å². The van der Waals surface area contributed by atoms with Crippen molar-refractivity contribution in [3.63, 3.8) is 0 Å². The number of urea groups is 1. The van der Waals surface area contributed by atoms with Gasteiger partial charge in [0.2, 0.25) is 0 Å². The van der Waals surface area contributed by atoms with Crippen LogP contribution in [0, 0.1) is 5.41 Å². The van der Waals surface area contributed by atoms with Crippen LogP contribution in [0.4, 0.5) is 4.79 Å². The van der Waals surface area contributed by atoms with Crippen molar-refractivity contribution in [2.75, 3.05) is 13.2 Å². The molecule has 1 aliphatic heterocycles. The smallest absolute Gasteiger partial charge is 0.315 e. The summed E-state index contributed by atoms with van der Waals surface area (Å²) >= 11 is 0. The topological polar surface area (TPSA) is 87.7 Å². The van der Waals surface area contributed by atoms with Gasteiger partial charge in [-0.1, -0.05) is 25.1 Å². The molecule has 0 fully saturated rings. The van der Waals surface area contributed by atoms with Gasteiger partial charge in [0.25, 0.3) is 0 Å². The van der Waals surface area contributed by atoms with Gasteiger partial charge in [-0.25, -0.2) is 4.79 Å². The van der Waals surface area contributed by atoms with Crippen molar-refractivity contribution < 1.29 is 19.4 Å². The lowest BCUT2D eigenvalue weighted by Gasteiger charge is -2.23. The van der Waals surface area contributed by atoms with Crippen molar-refractivity contribution in [1.82, 2.24) is 10.6 Å². The molecule has 3 N–H and O–H groups in total. The highest BCUT2D eigenvalue weighted by Crippen LogP contribution is 2.31. The Labute approximate surface area is 123 Å². The minimum atomic E-state index is -0.957. The zero-order valence-corrected chi connectivity index (χ0v) is 12.2. The normalized spacial score (nSPS) is 19.0. The second kappa shape index (κ2) is 6.03. The maximum Gasteiger partial charge on any atom is 0.315 e. The summed E-state index contributed by atoms with van der Waals surface area (Å²) in [5.74, 6) is -0.147. The number of fused-ring (bicyclic) bond motifs is 1. The van der Waals surface area contributed by atoms with E-state index in [-0.39, 0.29) is 18.6 Å². The number of aliphatic carboxylic acids is 1. The first-order valence-corrected chi connectivity index (χ1v) is 6.96. The molecule has 0 spiro atoms. The van der Waals surface area contributed by atoms with Gasteiger partial charge in [-0.2, -0.15) is 0 Å². The average Bonchev–Trinajstić information content (AvgIpc) is 2.88. The van der Waals surface area contributed by atoms with Crippen LogP contribution in [0.15, 0.2) is 24.3 Å². The van der Waals surface area contributed by atoms with Crippen molar-refractivity contribution in [3.8, 4) is 5.75 Å². The lowest BCUT2D eigenvalue weighted by atomic mass is 9.88. The number of carbonyl (C=O) groups excluding carboxylic acids is 1. The maximum atomic E-state index is 11.9. The van der Waals surface area contributed by atoms with Gasteiger partial charge in [0.15, 0.2) is 0 Å². The number of carbonyl (C=O) groups is 2. The van der Waals surface area contributed by atoms with E-state index in [1.54, 1.807) is 13.8 Å². The number of amides is 2. The van der Waals surface area contributed by atoms with Gasteiger partial charge in [0, 0.05) is 12.1 Å². The molecule has 2 atom stereocenters. The molecule has 1 aromatic carbocycles. The molecule has 1 aliphatic rings. The van der Waals surface area contributed by atoms with E-state index < -0.39 is 11.4 Å². The van der Waals surface area contributed by atoms with Crippen LogP contribution in [0.25, 0.3) is 0 Å². The molecule has 2 amide bonds. The standard InChI is InChI=1S/C15H20N2O4/c1-3-15(2,13(18)19)9-16-14(20)17-11-8-21-12-7-5-4-6-10(11)12/h4-7,11H,3,8-9H2,1-2H3,(H,18,19)(H2,16,17,20). The van der Waals surface area contributed by atoms with Crippen LogP contribution in [-0.4, -0.2) is 30.3 Å². The van der Waals surface area contributed by atoms with Gasteiger partial charge in [0.05, 0.1) is 11.5 Å². The number of hydrogen-bond donors (Lipinski definition) is 3. The van der Waals surface area contributed by atoms with Crippen LogP contribution < -0.4 is 15.4 Å². The Kier molecular flexibility index (Phi) is 4.35. The van der Waals surface area contributed by atoms with Gasteiger partial charge in [0.1, 0.15) is 12.4 Å². The highest BCUT2D eigenvalue weighted by molar-refractivity contribution is 5.78. The lowest BCUT2D eigenvalue weighted by molar-refractivity contribution is -0.147. The number of hydrogen-bond acceptors (Lipinski definition) is 3. The van der Waals surface area contributed by atoms with Crippen molar-refractivity contribution >= 4 is 12.0 Å². The van der Waals surface area contributed by atoms with E-state index in [9.17, 15) is 9.59 Å². The molecule has 6 nitrogen and oxygen atoms in total. The molecule has 0 bridgehead atoms. The van der Waals surface area contributed by atoms with Crippen LogP contribution in [0.3, 0.4) is 0 Å². The minimum absolute atomic E-state index is 0.0832. The molecule has 2 rings (SSSR count). The molecule has 0 radical (unpaired) electrons. The Bertz CT molecular complexity index is 546. The van der Waals surface area contributed by atoms with Gasteiger partial charge < -0.3 is 20.5 Å². The van der Waals surface area contributed by atoms with Crippen molar-refractivity contribution in [1.29, 1.82) is 0 Å². The Morgan fingerprint density at radius 3 is 2.81 bits per heavy atom. The number of carboxylic acid groups (broad SMARTS) is 1. The lowest BCUT2D eigenvalue weighted by Crippen LogP contribution is -2.45.